The van der Waals surface area contributed by atoms with Crippen LogP contribution in [-0.4, -0.2) is 31.6 Å². The Balaban J connectivity index is 1.23. The third-order valence-electron chi connectivity index (χ3n) is 5.92. The van der Waals surface area contributed by atoms with Gasteiger partial charge in [0.1, 0.15) is 10.6 Å². The zero-order valence-corrected chi connectivity index (χ0v) is 19.9. The number of pyridine rings is 1. The maximum Gasteiger partial charge on any atom is 0.230 e. The van der Waals surface area contributed by atoms with Crippen molar-refractivity contribution >= 4 is 23.0 Å². The number of nitrogens with zero attached hydrogens (tertiary/aromatic N) is 4. The molecule has 1 fully saturated rings. The van der Waals surface area contributed by atoms with Crippen molar-refractivity contribution in [3.05, 3.63) is 77.3 Å². The second-order valence-corrected chi connectivity index (χ2v) is 9.69. The van der Waals surface area contributed by atoms with E-state index in [2.05, 4.69) is 56.4 Å². The van der Waals surface area contributed by atoms with Crippen molar-refractivity contribution in [2.75, 3.05) is 11.9 Å². The average molecular weight is 474 g/mol. The molecule has 8 heteroatoms. The lowest BCUT2D eigenvalue weighted by Crippen LogP contribution is -2.33. The number of anilines is 2. The van der Waals surface area contributed by atoms with Crippen LogP contribution in [0.4, 0.5) is 11.6 Å². The summed E-state index contributed by atoms with van der Waals surface area (Å²) in [7, 11) is 0. The maximum absolute atomic E-state index is 10.6. The first kappa shape index (κ1) is 22.4. The summed E-state index contributed by atoms with van der Waals surface area (Å²) < 4.78 is 5.83. The Kier molecular flexibility index (Phi) is 6.51. The highest BCUT2D eigenvalue weighted by atomic mass is 32.1. The van der Waals surface area contributed by atoms with Crippen molar-refractivity contribution in [1.29, 1.82) is 0 Å². The van der Waals surface area contributed by atoms with Crippen LogP contribution in [0.25, 0.3) is 10.4 Å². The highest BCUT2D eigenvalue weighted by Gasteiger charge is 2.39. The predicted molar refractivity (Wildman–Crippen MR) is 133 cm³/mol. The molecule has 2 N–H and O–H groups in total. The van der Waals surface area contributed by atoms with Crippen LogP contribution in [0.15, 0.2) is 61.2 Å². The van der Waals surface area contributed by atoms with Crippen LogP contribution in [-0.2, 0) is 12.0 Å². The first-order chi connectivity index (χ1) is 16.6. The van der Waals surface area contributed by atoms with Crippen LogP contribution in [0.1, 0.15) is 41.8 Å². The molecule has 3 heterocycles. The molecule has 1 aliphatic rings. The second kappa shape index (κ2) is 9.87. The fraction of sp³-hybridized carbons (Fsp3) is 0.308. The van der Waals surface area contributed by atoms with Crippen LogP contribution in [0.2, 0.25) is 0 Å². The molecule has 0 amide bonds. The molecule has 3 aromatic heterocycles. The van der Waals surface area contributed by atoms with Gasteiger partial charge in [-0.05, 0) is 73.9 Å². The van der Waals surface area contributed by atoms with Crippen LogP contribution in [0, 0.1) is 6.92 Å². The van der Waals surface area contributed by atoms with Gasteiger partial charge in [-0.2, -0.15) is 4.98 Å². The number of hydrogen-bond acceptors (Lipinski definition) is 8. The van der Waals surface area contributed by atoms with Crippen molar-refractivity contribution < 1.29 is 9.84 Å². The summed E-state index contributed by atoms with van der Waals surface area (Å²) in [5, 5.41) is 14.7. The van der Waals surface area contributed by atoms with Crippen molar-refractivity contribution in [2.24, 2.45) is 0 Å². The van der Waals surface area contributed by atoms with Gasteiger partial charge < -0.3 is 15.2 Å². The van der Waals surface area contributed by atoms with E-state index in [0.717, 1.165) is 58.8 Å². The molecule has 1 saturated carbocycles. The van der Waals surface area contributed by atoms with Crippen LogP contribution in [0.5, 0.6) is 5.88 Å². The molecule has 0 atom stereocenters. The minimum absolute atomic E-state index is 0.482. The zero-order valence-electron chi connectivity index (χ0n) is 19.1. The third-order valence-corrected chi connectivity index (χ3v) is 7.15. The number of rotatable bonds is 9. The van der Waals surface area contributed by atoms with Gasteiger partial charge in [-0.25, -0.2) is 9.97 Å². The third kappa shape index (κ3) is 5.24. The van der Waals surface area contributed by atoms with Crippen LogP contribution >= 0.6 is 11.3 Å². The topological polar surface area (TPSA) is 93.1 Å². The van der Waals surface area contributed by atoms with Gasteiger partial charge in [0.05, 0.1) is 11.5 Å². The Labute approximate surface area is 202 Å². The minimum Gasteiger partial charge on any atom is -0.478 e. The molecule has 174 valence electrons. The van der Waals surface area contributed by atoms with E-state index < -0.39 is 5.60 Å². The van der Waals surface area contributed by atoms with E-state index in [9.17, 15) is 5.11 Å². The Bertz CT molecular complexity index is 1260. The zero-order chi connectivity index (χ0) is 23.4. The molecule has 34 heavy (non-hydrogen) atoms. The lowest BCUT2D eigenvalue weighted by atomic mass is 9.81. The molecule has 0 saturated heterocycles. The Hall–Kier alpha value is -3.36. The molecule has 5 rings (SSSR count). The van der Waals surface area contributed by atoms with Crippen LogP contribution in [0.3, 0.4) is 0 Å². The normalized spacial score (nSPS) is 14.4. The quantitative estimate of drug-likeness (QED) is 0.313. The van der Waals surface area contributed by atoms with E-state index >= 15 is 0 Å². The summed E-state index contributed by atoms with van der Waals surface area (Å²) in [6, 6.07) is 12.0. The van der Waals surface area contributed by atoms with Gasteiger partial charge >= 0.3 is 0 Å². The Morgan fingerprint density at radius 3 is 2.82 bits per heavy atom. The van der Waals surface area contributed by atoms with Gasteiger partial charge in [-0.15, -0.1) is 11.3 Å². The summed E-state index contributed by atoms with van der Waals surface area (Å²) in [5.74, 6) is 1.02. The number of aliphatic hydroxyl groups is 1. The molecule has 0 bridgehead atoms. The molecule has 0 spiro atoms. The number of thiazole rings is 1. The Morgan fingerprint density at radius 2 is 2.03 bits per heavy atom. The number of hydrogen-bond donors (Lipinski definition) is 2. The molecule has 4 aromatic rings. The number of benzene rings is 1. The van der Waals surface area contributed by atoms with Gasteiger partial charge in [0.25, 0.3) is 0 Å². The van der Waals surface area contributed by atoms with Crippen molar-refractivity contribution in [2.45, 2.75) is 44.6 Å². The van der Waals surface area contributed by atoms with Crippen molar-refractivity contribution in [1.82, 2.24) is 19.9 Å². The largest absolute Gasteiger partial charge is 0.478 e. The molecule has 1 aromatic carbocycles. The molecule has 0 aliphatic heterocycles. The van der Waals surface area contributed by atoms with Gasteiger partial charge in [-0.1, -0.05) is 12.1 Å². The molecule has 0 unspecified atom stereocenters. The predicted octanol–water partition coefficient (Wildman–Crippen LogP) is 5.43. The average Bonchev–Trinajstić information content (AvgIpc) is 3.32. The first-order valence-electron chi connectivity index (χ1n) is 11.5. The first-order valence-corrected chi connectivity index (χ1v) is 12.3. The summed E-state index contributed by atoms with van der Waals surface area (Å²) in [6.45, 7) is 2.62. The van der Waals surface area contributed by atoms with Gasteiger partial charge in [0.2, 0.25) is 11.8 Å². The van der Waals surface area contributed by atoms with Crippen molar-refractivity contribution in [3.63, 3.8) is 0 Å². The fourth-order valence-electron chi connectivity index (χ4n) is 3.96. The van der Waals surface area contributed by atoms with E-state index in [0.29, 0.717) is 18.4 Å². The molecule has 7 nitrogen and oxygen atoms in total. The van der Waals surface area contributed by atoms with Gasteiger partial charge in [0.15, 0.2) is 0 Å². The summed E-state index contributed by atoms with van der Waals surface area (Å²) in [5.41, 5.74) is 3.51. The fourth-order valence-corrected chi connectivity index (χ4v) is 5.01. The standard InChI is InChI=1S/C26H27N5O2S/c1-18-13-20(22-17-29-24(34-22)26(32)8-4-9-26)15-21(14-18)30-25-28-11-7-23(31-25)33-12-3-6-19-5-2-10-27-16-19/h2,5,7,10-11,13-17,32H,3-4,6,8-9,12H2,1H3,(H,28,30,31). The minimum atomic E-state index is -0.736. The number of aromatic nitrogens is 4. The Morgan fingerprint density at radius 1 is 1.12 bits per heavy atom. The van der Waals surface area contributed by atoms with E-state index in [1.54, 1.807) is 29.8 Å². The summed E-state index contributed by atoms with van der Waals surface area (Å²) in [4.78, 5) is 18.5. The summed E-state index contributed by atoms with van der Waals surface area (Å²) in [6.07, 6.45) is 11.6. The van der Waals surface area contributed by atoms with E-state index in [4.69, 9.17) is 4.74 Å². The SMILES string of the molecule is Cc1cc(Nc2nccc(OCCCc3cccnc3)n2)cc(-c2cnc(C3(O)CCC3)s2)c1. The summed E-state index contributed by atoms with van der Waals surface area (Å²) >= 11 is 1.56. The smallest absolute Gasteiger partial charge is 0.230 e. The highest BCUT2D eigenvalue weighted by Crippen LogP contribution is 2.44. The van der Waals surface area contributed by atoms with E-state index in [1.165, 1.54) is 5.56 Å². The number of nitrogens with one attached hydrogen (secondary N) is 1. The van der Waals surface area contributed by atoms with Gasteiger partial charge in [0, 0.05) is 36.5 Å². The lowest BCUT2D eigenvalue weighted by molar-refractivity contribution is -0.0389. The second-order valence-electron chi connectivity index (χ2n) is 8.66. The lowest BCUT2D eigenvalue weighted by Gasteiger charge is -2.34. The molecule has 0 radical (unpaired) electrons. The molecule has 1 aliphatic carbocycles. The number of aryl methyl sites for hydroxylation is 2. The van der Waals surface area contributed by atoms with E-state index in [1.807, 2.05) is 18.5 Å². The monoisotopic (exact) mass is 473 g/mol. The van der Waals surface area contributed by atoms with Crippen LogP contribution < -0.4 is 10.1 Å². The maximum atomic E-state index is 10.6. The molecular formula is C26H27N5O2S. The van der Waals surface area contributed by atoms with Crippen molar-refractivity contribution in [3.8, 4) is 16.3 Å². The molecular weight excluding hydrogens is 446 g/mol. The highest BCUT2D eigenvalue weighted by molar-refractivity contribution is 7.15. The number of ether oxygens (including phenoxy) is 1. The van der Waals surface area contributed by atoms with E-state index in [-0.39, 0.29) is 0 Å². The van der Waals surface area contributed by atoms with Gasteiger partial charge in [-0.3, -0.25) is 4.98 Å².